The Hall–Kier alpha value is -2.62. The van der Waals surface area contributed by atoms with Crippen LogP contribution in [0.2, 0.25) is 0 Å². The second kappa shape index (κ2) is 7.78. The summed E-state index contributed by atoms with van der Waals surface area (Å²) in [4.78, 5) is 4.16. The minimum Gasteiger partial charge on any atom is -0.253 e. The third-order valence-corrected chi connectivity index (χ3v) is 6.47. The van der Waals surface area contributed by atoms with Crippen molar-refractivity contribution >= 4 is 38.4 Å². The second-order valence-corrected chi connectivity index (χ2v) is 8.83. The van der Waals surface area contributed by atoms with Gasteiger partial charge in [-0.25, -0.2) is 13.4 Å². The van der Waals surface area contributed by atoms with Gasteiger partial charge in [0, 0.05) is 21.3 Å². The highest BCUT2D eigenvalue weighted by atomic mass is 32.2. The number of halogens is 3. The molecular formula is C16H9F3N4O2S3. The fourth-order valence-corrected chi connectivity index (χ4v) is 4.73. The number of nitrogens with one attached hydrogen (secondary N) is 1. The highest BCUT2D eigenvalue weighted by Crippen LogP contribution is 2.36. The number of sulfonamides is 1. The lowest BCUT2D eigenvalue weighted by molar-refractivity contribution is -0.137. The van der Waals surface area contributed by atoms with Crippen LogP contribution < -0.4 is 4.72 Å². The van der Waals surface area contributed by atoms with Crippen molar-refractivity contribution in [2.45, 2.75) is 20.9 Å². The van der Waals surface area contributed by atoms with Gasteiger partial charge in [0.1, 0.15) is 12.4 Å². The van der Waals surface area contributed by atoms with Gasteiger partial charge in [-0.3, -0.25) is 4.72 Å². The number of rotatable bonds is 5. The third-order valence-electron chi connectivity index (χ3n) is 3.35. The standard InChI is InChI=1S/C16H9F3N4O2S3/c17-16(18,19)11-2-1-3-12(7-11)26-14-5-4-13(6-10(14)8-20)28(24,25)23-15-21-9-22-27-15/h1-7,9H,(H,21,22,23). The predicted molar refractivity (Wildman–Crippen MR) is 97.4 cm³/mol. The van der Waals surface area contributed by atoms with Crippen LogP contribution in [0.4, 0.5) is 18.3 Å². The zero-order chi connectivity index (χ0) is 20.4. The summed E-state index contributed by atoms with van der Waals surface area (Å²) >= 11 is 1.79. The Balaban J connectivity index is 1.89. The zero-order valence-electron chi connectivity index (χ0n) is 13.6. The largest absolute Gasteiger partial charge is 0.416 e. The second-order valence-electron chi connectivity index (χ2n) is 5.25. The van der Waals surface area contributed by atoms with Gasteiger partial charge in [-0.15, -0.1) is 0 Å². The summed E-state index contributed by atoms with van der Waals surface area (Å²) < 4.78 is 69.2. The molecule has 0 aliphatic carbocycles. The maximum Gasteiger partial charge on any atom is 0.416 e. The number of hydrogen-bond donors (Lipinski definition) is 1. The monoisotopic (exact) mass is 442 g/mol. The molecule has 28 heavy (non-hydrogen) atoms. The Kier molecular flexibility index (Phi) is 5.59. The van der Waals surface area contributed by atoms with Gasteiger partial charge < -0.3 is 0 Å². The number of alkyl halides is 3. The van der Waals surface area contributed by atoms with Gasteiger partial charge in [-0.1, -0.05) is 17.8 Å². The first-order valence-electron chi connectivity index (χ1n) is 7.38. The normalized spacial score (nSPS) is 11.8. The molecule has 0 spiro atoms. The number of nitrogens with zero attached hydrogens (tertiary/aromatic N) is 3. The molecule has 0 amide bonds. The highest BCUT2D eigenvalue weighted by molar-refractivity contribution is 7.99. The number of benzene rings is 2. The van der Waals surface area contributed by atoms with Crippen molar-refractivity contribution in [3.63, 3.8) is 0 Å². The van der Waals surface area contributed by atoms with E-state index < -0.39 is 21.8 Å². The lowest BCUT2D eigenvalue weighted by Gasteiger charge is -2.10. The van der Waals surface area contributed by atoms with E-state index in [0.717, 1.165) is 41.5 Å². The van der Waals surface area contributed by atoms with Crippen molar-refractivity contribution in [3.05, 3.63) is 59.9 Å². The minimum atomic E-state index is -4.48. The molecule has 12 heteroatoms. The van der Waals surface area contributed by atoms with Crippen LogP contribution in [-0.4, -0.2) is 17.8 Å². The molecular weight excluding hydrogens is 433 g/mol. The Morgan fingerprint density at radius 1 is 1.18 bits per heavy atom. The lowest BCUT2D eigenvalue weighted by atomic mass is 10.2. The van der Waals surface area contributed by atoms with Crippen LogP contribution in [0, 0.1) is 11.3 Å². The van der Waals surface area contributed by atoms with E-state index in [1.54, 1.807) is 0 Å². The topological polar surface area (TPSA) is 95.7 Å². The average molecular weight is 442 g/mol. The van der Waals surface area contributed by atoms with Crippen LogP contribution >= 0.6 is 23.3 Å². The Bertz CT molecular complexity index is 1140. The molecule has 1 heterocycles. The van der Waals surface area contributed by atoms with E-state index in [9.17, 15) is 26.9 Å². The number of nitriles is 1. The van der Waals surface area contributed by atoms with E-state index in [0.29, 0.717) is 4.90 Å². The molecule has 0 radical (unpaired) electrons. The quantitative estimate of drug-likeness (QED) is 0.630. The summed E-state index contributed by atoms with van der Waals surface area (Å²) in [5.74, 6) is 0. The maximum absolute atomic E-state index is 12.8. The number of hydrogen-bond acceptors (Lipinski definition) is 7. The van der Waals surface area contributed by atoms with Crippen LogP contribution in [0.15, 0.2) is 63.5 Å². The van der Waals surface area contributed by atoms with Gasteiger partial charge in [0.15, 0.2) is 0 Å². The van der Waals surface area contributed by atoms with Crippen molar-refractivity contribution in [2.75, 3.05) is 4.72 Å². The van der Waals surface area contributed by atoms with Crippen molar-refractivity contribution in [3.8, 4) is 6.07 Å². The SMILES string of the molecule is N#Cc1cc(S(=O)(=O)Nc2ncns2)ccc1Sc1cccc(C(F)(F)F)c1. The smallest absolute Gasteiger partial charge is 0.253 e. The van der Waals surface area contributed by atoms with E-state index in [2.05, 4.69) is 14.1 Å². The highest BCUT2D eigenvalue weighted by Gasteiger charge is 2.30. The average Bonchev–Trinajstić information content (AvgIpc) is 3.13. The third kappa shape index (κ3) is 4.61. The van der Waals surface area contributed by atoms with Crippen molar-refractivity contribution in [1.82, 2.24) is 9.36 Å². The predicted octanol–water partition coefficient (Wildman–Crippen LogP) is 4.38. The minimum absolute atomic E-state index is 0.0163. The van der Waals surface area contributed by atoms with Gasteiger partial charge in [0.05, 0.1) is 16.0 Å². The number of aromatic nitrogens is 2. The molecule has 144 valence electrons. The summed E-state index contributed by atoms with van der Waals surface area (Å²) in [7, 11) is -3.98. The Labute approximate surface area is 166 Å². The van der Waals surface area contributed by atoms with Gasteiger partial charge in [-0.05, 0) is 36.4 Å². The molecule has 0 saturated carbocycles. The first kappa shape index (κ1) is 20.1. The van der Waals surface area contributed by atoms with E-state index in [-0.39, 0.29) is 20.5 Å². The Morgan fingerprint density at radius 2 is 1.96 bits per heavy atom. The van der Waals surface area contributed by atoms with Gasteiger partial charge in [0.25, 0.3) is 10.0 Å². The summed E-state index contributed by atoms with van der Waals surface area (Å²) in [6.07, 6.45) is -3.29. The molecule has 0 unspecified atom stereocenters. The number of anilines is 1. The molecule has 0 atom stereocenters. The summed E-state index contributed by atoms with van der Waals surface area (Å²) in [5.41, 5.74) is -0.793. The van der Waals surface area contributed by atoms with Gasteiger partial charge in [0.2, 0.25) is 5.13 Å². The molecule has 3 rings (SSSR count). The molecule has 1 aromatic heterocycles. The zero-order valence-corrected chi connectivity index (χ0v) is 16.1. The van der Waals surface area contributed by atoms with Crippen LogP contribution in [0.3, 0.4) is 0 Å². The van der Waals surface area contributed by atoms with E-state index in [1.807, 2.05) is 6.07 Å². The molecule has 6 nitrogen and oxygen atoms in total. The molecule has 2 aromatic carbocycles. The fourth-order valence-electron chi connectivity index (χ4n) is 2.11. The molecule has 0 aliphatic rings. The van der Waals surface area contributed by atoms with Crippen molar-refractivity contribution in [2.24, 2.45) is 0 Å². The molecule has 3 aromatic rings. The van der Waals surface area contributed by atoms with Crippen molar-refractivity contribution in [1.29, 1.82) is 5.26 Å². The molecule has 0 aliphatic heterocycles. The summed E-state index contributed by atoms with van der Waals surface area (Å²) in [5, 5.41) is 9.42. The molecule has 0 fully saturated rings. The lowest BCUT2D eigenvalue weighted by Crippen LogP contribution is -2.13. The van der Waals surface area contributed by atoms with Crippen molar-refractivity contribution < 1.29 is 21.6 Å². The van der Waals surface area contributed by atoms with Gasteiger partial charge >= 0.3 is 6.18 Å². The van der Waals surface area contributed by atoms with Crippen LogP contribution in [0.25, 0.3) is 0 Å². The maximum atomic E-state index is 12.8. The molecule has 1 N–H and O–H groups in total. The van der Waals surface area contributed by atoms with E-state index in [1.165, 1.54) is 30.6 Å². The fraction of sp³-hybridized carbons (Fsp3) is 0.0625. The molecule has 0 bridgehead atoms. The Morgan fingerprint density at radius 3 is 2.61 bits per heavy atom. The summed E-state index contributed by atoms with van der Waals surface area (Å²) in [6, 6.07) is 10.3. The summed E-state index contributed by atoms with van der Waals surface area (Å²) in [6.45, 7) is 0. The van der Waals surface area contributed by atoms with E-state index >= 15 is 0 Å². The molecule has 0 saturated heterocycles. The van der Waals surface area contributed by atoms with Crippen LogP contribution in [0.1, 0.15) is 11.1 Å². The van der Waals surface area contributed by atoms with Crippen LogP contribution in [0.5, 0.6) is 0 Å². The van der Waals surface area contributed by atoms with Gasteiger partial charge in [-0.2, -0.15) is 22.8 Å². The van der Waals surface area contributed by atoms with E-state index in [4.69, 9.17) is 0 Å². The van der Waals surface area contributed by atoms with Crippen LogP contribution in [-0.2, 0) is 16.2 Å². The first-order chi connectivity index (χ1) is 13.2. The first-order valence-corrected chi connectivity index (χ1v) is 10.4.